The quantitative estimate of drug-likeness (QED) is 0.371. The van der Waals surface area contributed by atoms with Crippen molar-refractivity contribution in [2.24, 2.45) is 12.0 Å². The average Bonchev–Trinajstić information content (AvgIpc) is 3.44. The topological polar surface area (TPSA) is 77.2 Å². The number of hydrogen-bond acceptors (Lipinski definition) is 5. The number of hydrogen-bond donors (Lipinski definition) is 0. The van der Waals surface area contributed by atoms with Crippen LogP contribution in [-0.2, 0) is 20.0 Å². The number of nitrogens with zero attached hydrogens (tertiary/aromatic N) is 4. The van der Waals surface area contributed by atoms with Crippen LogP contribution >= 0.6 is 0 Å². The van der Waals surface area contributed by atoms with Crippen LogP contribution in [0.5, 0.6) is 0 Å². The van der Waals surface area contributed by atoms with E-state index in [0.29, 0.717) is 23.4 Å². The zero-order chi connectivity index (χ0) is 24.4. The molecular weight excluding hydrogens is 436 g/mol. The predicted molar refractivity (Wildman–Crippen MR) is 136 cm³/mol. The van der Waals surface area contributed by atoms with Crippen molar-refractivity contribution in [3.05, 3.63) is 124 Å². The minimum Gasteiger partial charge on any atom is -0.292 e. The Morgan fingerprint density at radius 3 is 2.60 bits per heavy atom. The molecule has 0 bridgehead atoms. The summed E-state index contributed by atoms with van der Waals surface area (Å²) in [6.45, 7) is 2.40. The number of aliphatic imine (C=N–C) groups is 1. The molecule has 2 aromatic heterocycles. The van der Waals surface area contributed by atoms with Crippen molar-refractivity contribution >= 4 is 23.4 Å². The number of Topliss-reactive ketones (excluding diaryl/α,β-unsaturated/α-hetero) is 1. The molecule has 0 fully saturated rings. The van der Waals surface area contributed by atoms with Crippen molar-refractivity contribution in [3.8, 4) is 0 Å². The molecule has 6 nitrogen and oxygen atoms in total. The first-order valence-corrected chi connectivity index (χ1v) is 11.4. The summed E-state index contributed by atoms with van der Waals surface area (Å²) in [5.41, 5.74) is 7.13. The Kier molecular flexibility index (Phi) is 6.02. The molecule has 0 atom stereocenters. The van der Waals surface area contributed by atoms with Crippen LogP contribution in [0.3, 0.4) is 0 Å². The minimum absolute atomic E-state index is 0.0290. The third-order valence-corrected chi connectivity index (χ3v) is 6.00. The Morgan fingerprint density at radius 2 is 1.83 bits per heavy atom. The lowest BCUT2D eigenvalue weighted by Crippen LogP contribution is -2.10. The molecule has 0 aliphatic carbocycles. The maximum Gasteiger partial charge on any atom is 0.193 e. The lowest BCUT2D eigenvalue weighted by molar-refractivity contribution is 0.0981. The summed E-state index contributed by atoms with van der Waals surface area (Å²) in [5.74, 6) is -0.102. The van der Waals surface area contributed by atoms with Crippen LogP contribution in [0.15, 0.2) is 84.0 Å². The largest absolute Gasteiger partial charge is 0.292 e. The summed E-state index contributed by atoms with van der Waals surface area (Å²) in [7, 11) is 1.76. The number of allylic oxidation sites excluding steroid dienone is 1. The van der Waals surface area contributed by atoms with E-state index < -0.39 is 0 Å². The van der Waals surface area contributed by atoms with Gasteiger partial charge in [0.15, 0.2) is 11.6 Å². The van der Waals surface area contributed by atoms with Crippen molar-refractivity contribution in [3.63, 3.8) is 0 Å². The summed E-state index contributed by atoms with van der Waals surface area (Å²) in [4.78, 5) is 34.9. The number of aryl methyl sites for hydroxylation is 2. The Labute approximate surface area is 203 Å². The van der Waals surface area contributed by atoms with Gasteiger partial charge in [0.2, 0.25) is 0 Å². The molecule has 4 aromatic rings. The SMILES string of the molecule is Cc1cc(C(=O)Cc2cccc(C(=O)c3ccc4c(c3)CN=C4/C=C/c3ccccn3)c2)n(C)n1. The zero-order valence-corrected chi connectivity index (χ0v) is 19.6. The van der Waals surface area contributed by atoms with Gasteiger partial charge in [-0.05, 0) is 60.5 Å². The number of carbonyl (C=O) groups excluding carboxylic acids is 2. The van der Waals surface area contributed by atoms with Gasteiger partial charge in [0.1, 0.15) is 5.69 Å². The van der Waals surface area contributed by atoms with Gasteiger partial charge in [0.25, 0.3) is 0 Å². The van der Waals surface area contributed by atoms with Crippen LogP contribution in [0.25, 0.3) is 6.08 Å². The molecule has 6 heteroatoms. The molecule has 0 saturated carbocycles. The third-order valence-electron chi connectivity index (χ3n) is 6.00. The number of fused-ring (bicyclic) bond motifs is 1. The van der Waals surface area contributed by atoms with E-state index in [0.717, 1.165) is 33.8 Å². The predicted octanol–water partition coefficient (Wildman–Crippen LogP) is 4.80. The molecule has 1 aliphatic rings. The maximum absolute atomic E-state index is 13.2. The number of rotatable bonds is 7. The highest BCUT2D eigenvalue weighted by atomic mass is 16.1. The van der Waals surface area contributed by atoms with E-state index in [1.165, 1.54) is 0 Å². The fourth-order valence-electron chi connectivity index (χ4n) is 4.29. The standard InChI is InChI=1S/C29H24N4O2/c1-19-14-27(33(2)32-19)28(34)16-20-6-5-7-21(15-20)29(35)22-9-11-25-23(17-22)18-31-26(25)12-10-24-8-3-4-13-30-24/h3-15,17H,16,18H2,1-2H3/b12-10+. The van der Waals surface area contributed by atoms with E-state index in [9.17, 15) is 9.59 Å². The second-order valence-corrected chi connectivity index (χ2v) is 8.59. The summed E-state index contributed by atoms with van der Waals surface area (Å²) in [6, 6.07) is 20.5. The fraction of sp³-hybridized carbons (Fsp3) is 0.138. The van der Waals surface area contributed by atoms with Gasteiger partial charge in [-0.25, -0.2) is 0 Å². The lowest BCUT2D eigenvalue weighted by Gasteiger charge is -2.07. The molecule has 0 amide bonds. The molecule has 5 rings (SSSR count). The first kappa shape index (κ1) is 22.3. The van der Waals surface area contributed by atoms with Gasteiger partial charge in [-0.15, -0.1) is 0 Å². The second kappa shape index (κ2) is 9.43. The Morgan fingerprint density at radius 1 is 0.971 bits per heavy atom. The van der Waals surface area contributed by atoms with Crippen LogP contribution in [0, 0.1) is 6.92 Å². The van der Waals surface area contributed by atoms with Gasteiger partial charge in [0.05, 0.1) is 23.6 Å². The van der Waals surface area contributed by atoms with Crippen LogP contribution in [0.2, 0.25) is 0 Å². The van der Waals surface area contributed by atoms with Crippen molar-refractivity contribution in [2.45, 2.75) is 19.9 Å². The zero-order valence-electron chi connectivity index (χ0n) is 19.6. The molecule has 3 heterocycles. The minimum atomic E-state index is -0.0732. The van der Waals surface area contributed by atoms with Crippen molar-refractivity contribution in [1.82, 2.24) is 14.8 Å². The molecule has 1 aliphatic heterocycles. The highest BCUT2D eigenvalue weighted by Gasteiger charge is 2.18. The van der Waals surface area contributed by atoms with E-state index in [-0.39, 0.29) is 18.0 Å². The molecule has 2 aromatic carbocycles. The Balaban J connectivity index is 1.32. The van der Waals surface area contributed by atoms with Gasteiger partial charge in [0, 0.05) is 36.4 Å². The molecule has 0 spiro atoms. The van der Waals surface area contributed by atoms with Crippen molar-refractivity contribution in [1.29, 1.82) is 0 Å². The van der Waals surface area contributed by atoms with Crippen molar-refractivity contribution < 1.29 is 9.59 Å². The number of benzene rings is 2. The van der Waals surface area contributed by atoms with Gasteiger partial charge < -0.3 is 0 Å². The third kappa shape index (κ3) is 4.77. The number of ketones is 2. The van der Waals surface area contributed by atoms with Crippen LogP contribution < -0.4 is 0 Å². The van der Waals surface area contributed by atoms with Gasteiger partial charge in [-0.3, -0.25) is 24.2 Å². The Hall–Kier alpha value is -4.45. The van der Waals surface area contributed by atoms with Gasteiger partial charge >= 0.3 is 0 Å². The van der Waals surface area contributed by atoms with Gasteiger partial charge in [-0.1, -0.05) is 36.4 Å². The van der Waals surface area contributed by atoms with Crippen molar-refractivity contribution in [2.75, 3.05) is 0 Å². The fourth-order valence-corrected chi connectivity index (χ4v) is 4.29. The maximum atomic E-state index is 13.2. The smallest absolute Gasteiger partial charge is 0.193 e. The molecule has 172 valence electrons. The normalized spacial score (nSPS) is 12.6. The first-order valence-electron chi connectivity index (χ1n) is 11.4. The van der Waals surface area contributed by atoms with Gasteiger partial charge in [-0.2, -0.15) is 5.10 Å². The summed E-state index contributed by atoms with van der Waals surface area (Å²) < 4.78 is 1.60. The van der Waals surface area contributed by atoms with Crippen LogP contribution in [0.4, 0.5) is 0 Å². The molecule has 0 N–H and O–H groups in total. The lowest BCUT2D eigenvalue weighted by atomic mass is 9.95. The van der Waals surface area contributed by atoms with Crippen LogP contribution in [0.1, 0.15) is 54.5 Å². The van der Waals surface area contributed by atoms with Crippen LogP contribution in [-0.4, -0.2) is 32.0 Å². The summed E-state index contributed by atoms with van der Waals surface area (Å²) in [5, 5.41) is 4.24. The van der Waals surface area contributed by atoms with E-state index in [4.69, 9.17) is 0 Å². The second-order valence-electron chi connectivity index (χ2n) is 8.59. The molecular formula is C29H24N4O2. The van der Waals surface area contributed by atoms with E-state index >= 15 is 0 Å². The van der Waals surface area contributed by atoms with E-state index in [2.05, 4.69) is 15.1 Å². The molecule has 0 radical (unpaired) electrons. The molecule has 0 unspecified atom stereocenters. The summed E-state index contributed by atoms with van der Waals surface area (Å²) in [6.07, 6.45) is 5.86. The van der Waals surface area contributed by atoms with E-state index in [1.54, 1.807) is 36.1 Å². The highest BCUT2D eigenvalue weighted by molar-refractivity contribution is 6.14. The number of carbonyl (C=O) groups is 2. The average molecular weight is 461 g/mol. The molecule has 35 heavy (non-hydrogen) atoms. The molecule has 0 saturated heterocycles. The highest BCUT2D eigenvalue weighted by Crippen LogP contribution is 2.23. The number of pyridine rings is 1. The monoisotopic (exact) mass is 460 g/mol. The summed E-state index contributed by atoms with van der Waals surface area (Å²) >= 11 is 0. The first-order chi connectivity index (χ1) is 17.0. The van der Waals surface area contributed by atoms with E-state index in [1.807, 2.05) is 67.6 Å². The Bertz CT molecular complexity index is 1500. The number of aromatic nitrogens is 3.